The predicted octanol–water partition coefficient (Wildman–Crippen LogP) is 1.37. The molecule has 1 saturated heterocycles. The number of nitrogens with one attached hydrogen (secondary N) is 2. The summed E-state index contributed by atoms with van der Waals surface area (Å²) < 4.78 is 14.7. The van der Waals surface area contributed by atoms with Crippen LogP contribution in [0.3, 0.4) is 0 Å². The third kappa shape index (κ3) is 4.74. The minimum Gasteiger partial charge on any atom is -0.349 e. The summed E-state index contributed by atoms with van der Waals surface area (Å²) in [5.41, 5.74) is 1.04. The fourth-order valence-electron chi connectivity index (χ4n) is 2.54. The molecule has 1 aromatic heterocycles. The molecule has 1 aliphatic rings. The Morgan fingerprint density at radius 1 is 1.48 bits per heavy atom. The van der Waals surface area contributed by atoms with E-state index in [1.54, 1.807) is 18.3 Å². The van der Waals surface area contributed by atoms with E-state index in [9.17, 15) is 9.18 Å². The molecule has 1 atom stereocenters. The van der Waals surface area contributed by atoms with Crippen molar-refractivity contribution in [2.45, 2.75) is 25.4 Å². The van der Waals surface area contributed by atoms with Crippen molar-refractivity contribution in [3.05, 3.63) is 47.5 Å². The van der Waals surface area contributed by atoms with Crippen molar-refractivity contribution in [3.63, 3.8) is 0 Å². The number of halogens is 2. The van der Waals surface area contributed by atoms with E-state index in [1.165, 1.54) is 16.8 Å². The Labute approximate surface area is 139 Å². The van der Waals surface area contributed by atoms with Gasteiger partial charge >= 0.3 is 0 Å². The number of nitrogens with zero attached hydrogens (tertiary/aromatic N) is 3. The highest BCUT2D eigenvalue weighted by Gasteiger charge is 2.16. The van der Waals surface area contributed by atoms with Gasteiger partial charge in [0, 0.05) is 12.6 Å². The highest BCUT2D eigenvalue weighted by Crippen LogP contribution is 2.06. The van der Waals surface area contributed by atoms with Gasteiger partial charge in [-0.1, -0.05) is 17.3 Å². The maximum Gasteiger partial charge on any atom is 0.273 e. The van der Waals surface area contributed by atoms with E-state index < -0.39 is 0 Å². The van der Waals surface area contributed by atoms with Crippen molar-refractivity contribution in [2.24, 2.45) is 0 Å². The van der Waals surface area contributed by atoms with Gasteiger partial charge in [0.1, 0.15) is 5.82 Å². The molecule has 1 aliphatic heterocycles. The van der Waals surface area contributed by atoms with Crippen molar-refractivity contribution < 1.29 is 9.18 Å². The molecule has 8 heteroatoms. The number of aromatic nitrogens is 3. The molecule has 23 heavy (non-hydrogen) atoms. The number of hydrogen-bond acceptors (Lipinski definition) is 4. The highest BCUT2D eigenvalue weighted by molar-refractivity contribution is 5.91. The Morgan fingerprint density at radius 2 is 2.35 bits per heavy atom. The summed E-state index contributed by atoms with van der Waals surface area (Å²) in [4.78, 5) is 12.0. The van der Waals surface area contributed by atoms with Gasteiger partial charge in [-0.2, -0.15) is 0 Å². The SMILES string of the molecule is Cl.O=C(NCC1CCCN1)c1cn(Cc2cccc(F)c2)nn1. The highest BCUT2D eigenvalue weighted by atomic mass is 35.5. The Bertz CT molecular complexity index is 657. The molecule has 0 bridgehead atoms. The van der Waals surface area contributed by atoms with Crippen molar-refractivity contribution in [1.82, 2.24) is 25.6 Å². The van der Waals surface area contributed by atoms with E-state index in [0.29, 0.717) is 19.1 Å². The van der Waals surface area contributed by atoms with Crippen LogP contribution in [0, 0.1) is 5.82 Å². The molecule has 0 aliphatic carbocycles. The Hall–Kier alpha value is -1.99. The predicted molar refractivity (Wildman–Crippen MR) is 86.1 cm³/mol. The first-order valence-corrected chi connectivity index (χ1v) is 7.37. The quantitative estimate of drug-likeness (QED) is 0.863. The minimum absolute atomic E-state index is 0. The topological polar surface area (TPSA) is 71.8 Å². The maximum absolute atomic E-state index is 13.1. The van der Waals surface area contributed by atoms with Gasteiger partial charge in [0.2, 0.25) is 0 Å². The summed E-state index contributed by atoms with van der Waals surface area (Å²) in [7, 11) is 0. The first-order valence-electron chi connectivity index (χ1n) is 7.37. The molecular formula is C15H19ClFN5O. The first kappa shape index (κ1) is 17.4. The molecule has 1 unspecified atom stereocenters. The maximum atomic E-state index is 13.1. The lowest BCUT2D eigenvalue weighted by atomic mass is 10.2. The van der Waals surface area contributed by atoms with Crippen LogP contribution in [0.4, 0.5) is 4.39 Å². The number of amides is 1. The van der Waals surface area contributed by atoms with Crippen molar-refractivity contribution in [3.8, 4) is 0 Å². The molecule has 3 rings (SSSR count). The number of carbonyl (C=O) groups excluding carboxylic acids is 1. The van der Waals surface area contributed by atoms with Crippen molar-refractivity contribution >= 4 is 18.3 Å². The molecule has 2 aromatic rings. The molecule has 1 aromatic carbocycles. The standard InChI is InChI=1S/C15H18FN5O.ClH/c16-12-4-1-3-11(7-12)9-21-10-14(19-20-21)15(22)18-8-13-5-2-6-17-13;/h1,3-4,7,10,13,17H,2,5-6,8-9H2,(H,18,22);1H. The van der Waals surface area contributed by atoms with Crippen LogP contribution in [0.25, 0.3) is 0 Å². The van der Waals surface area contributed by atoms with Gasteiger partial charge in [0.25, 0.3) is 5.91 Å². The minimum atomic E-state index is -0.292. The van der Waals surface area contributed by atoms with Gasteiger partial charge in [-0.25, -0.2) is 9.07 Å². The van der Waals surface area contributed by atoms with Crippen LogP contribution < -0.4 is 10.6 Å². The monoisotopic (exact) mass is 339 g/mol. The lowest BCUT2D eigenvalue weighted by Gasteiger charge is -2.09. The number of benzene rings is 1. The molecule has 0 spiro atoms. The van der Waals surface area contributed by atoms with Crippen LogP contribution >= 0.6 is 12.4 Å². The summed E-state index contributed by atoms with van der Waals surface area (Å²) in [6.45, 7) is 1.97. The number of carbonyl (C=O) groups is 1. The van der Waals surface area contributed by atoms with Crippen molar-refractivity contribution in [2.75, 3.05) is 13.1 Å². The van der Waals surface area contributed by atoms with Crippen LogP contribution in [0.15, 0.2) is 30.5 Å². The fraction of sp³-hybridized carbons (Fsp3) is 0.400. The van der Waals surface area contributed by atoms with Crippen LogP contribution in [0.2, 0.25) is 0 Å². The number of hydrogen-bond donors (Lipinski definition) is 2. The third-order valence-electron chi connectivity index (χ3n) is 3.68. The average Bonchev–Trinajstić information content (AvgIpc) is 3.16. The summed E-state index contributed by atoms with van der Waals surface area (Å²) >= 11 is 0. The second kappa shape index (κ2) is 8.03. The van der Waals surface area contributed by atoms with Gasteiger partial charge in [0.05, 0.1) is 12.7 Å². The summed E-state index contributed by atoms with van der Waals surface area (Å²) in [6, 6.07) is 6.61. The van der Waals surface area contributed by atoms with Gasteiger partial charge < -0.3 is 10.6 Å². The second-order valence-corrected chi connectivity index (χ2v) is 5.43. The zero-order valence-electron chi connectivity index (χ0n) is 12.5. The van der Waals surface area contributed by atoms with Crippen LogP contribution in [-0.2, 0) is 6.54 Å². The van der Waals surface area contributed by atoms with E-state index >= 15 is 0 Å². The largest absolute Gasteiger partial charge is 0.349 e. The molecule has 0 radical (unpaired) electrons. The summed E-state index contributed by atoms with van der Waals surface area (Å²) in [5.74, 6) is -0.529. The van der Waals surface area contributed by atoms with Crippen LogP contribution in [0.5, 0.6) is 0 Å². The molecule has 6 nitrogen and oxygen atoms in total. The Kier molecular flexibility index (Phi) is 6.06. The number of rotatable bonds is 5. The Balaban J connectivity index is 0.00000192. The second-order valence-electron chi connectivity index (χ2n) is 5.43. The van der Waals surface area contributed by atoms with E-state index in [1.807, 2.05) is 0 Å². The molecule has 0 saturated carbocycles. The van der Waals surface area contributed by atoms with E-state index in [2.05, 4.69) is 20.9 Å². The van der Waals surface area contributed by atoms with E-state index in [0.717, 1.165) is 24.9 Å². The van der Waals surface area contributed by atoms with Gasteiger partial charge in [-0.15, -0.1) is 17.5 Å². The average molecular weight is 340 g/mol. The zero-order valence-corrected chi connectivity index (χ0v) is 13.4. The van der Waals surface area contributed by atoms with E-state index in [4.69, 9.17) is 0 Å². The van der Waals surface area contributed by atoms with E-state index in [-0.39, 0.29) is 29.8 Å². The molecule has 124 valence electrons. The summed E-state index contributed by atoms with van der Waals surface area (Å²) in [5, 5.41) is 13.9. The molecule has 1 amide bonds. The van der Waals surface area contributed by atoms with Gasteiger partial charge in [-0.05, 0) is 37.1 Å². The van der Waals surface area contributed by atoms with Crippen molar-refractivity contribution in [1.29, 1.82) is 0 Å². The zero-order chi connectivity index (χ0) is 15.4. The molecule has 2 N–H and O–H groups in total. The molecule has 2 heterocycles. The van der Waals surface area contributed by atoms with Gasteiger partial charge in [0.15, 0.2) is 5.69 Å². The molecule has 1 fully saturated rings. The smallest absolute Gasteiger partial charge is 0.273 e. The van der Waals surface area contributed by atoms with Crippen LogP contribution in [-0.4, -0.2) is 40.0 Å². The van der Waals surface area contributed by atoms with Gasteiger partial charge in [-0.3, -0.25) is 4.79 Å². The first-order chi connectivity index (χ1) is 10.7. The lowest BCUT2D eigenvalue weighted by molar-refractivity contribution is 0.0945. The third-order valence-corrected chi connectivity index (χ3v) is 3.68. The Morgan fingerprint density at radius 3 is 3.09 bits per heavy atom. The summed E-state index contributed by atoms with van der Waals surface area (Å²) in [6.07, 6.45) is 3.79. The normalized spacial score (nSPS) is 16.8. The van der Waals surface area contributed by atoms with Crippen LogP contribution in [0.1, 0.15) is 28.9 Å². The fourth-order valence-corrected chi connectivity index (χ4v) is 2.54. The lowest BCUT2D eigenvalue weighted by Crippen LogP contribution is -2.37. The molecular weight excluding hydrogens is 321 g/mol.